The van der Waals surface area contributed by atoms with Gasteiger partial charge in [-0.1, -0.05) is 29.8 Å². The lowest BCUT2D eigenvalue weighted by Crippen LogP contribution is -2.14. The number of amides is 1. The molecule has 1 amide bonds. The Labute approximate surface area is 153 Å². The first-order valence-corrected chi connectivity index (χ1v) is 8.49. The molecule has 0 radical (unpaired) electrons. The molecule has 0 aliphatic carbocycles. The van der Waals surface area contributed by atoms with Gasteiger partial charge >= 0.3 is 6.18 Å². The van der Waals surface area contributed by atoms with Crippen LogP contribution in [-0.2, 0) is 17.4 Å². The average Bonchev–Trinajstić information content (AvgIpc) is 3.20. The Hall–Kier alpha value is -3.02. The minimum absolute atomic E-state index is 0.104. The SMILES string of the molecule is Cc1ccc2c(c1)C(Cc1ccc(-c3cccc(C(F)(F)F)c3)o1)C(=O)N2. The van der Waals surface area contributed by atoms with Crippen LogP contribution in [0.4, 0.5) is 18.9 Å². The fourth-order valence-electron chi connectivity index (χ4n) is 3.34. The maximum Gasteiger partial charge on any atom is 0.416 e. The van der Waals surface area contributed by atoms with Gasteiger partial charge in [0.1, 0.15) is 11.5 Å². The number of halogens is 3. The zero-order valence-electron chi connectivity index (χ0n) is 14.4. The molecule has 1 aliphatic rings. The molecule has 1 unspecified atom stereocenters. The zero-order chi connectivity index (χ0) is 19.2. The molecule has 27 heavy (non-hydrogen) atoms. The maximum absolute atomic E-state index is 12.9. The van der Waals surface area contributed by atoms with E-state index in [1.165, 1.54) is 6.07 Å². The van der Waals surface area contributed by atoms with Crippen LogP contribution in [0, 0.1) is 6.92 Å². The molecule has 6 heteroatoms. The number of hydrogen-bond acceptors (Lipinski definition) is 2. The van der Waals surface area contributed by atoms with Gasteiger partial charge in [-0.05, 0) is 42.8 Å². The molecule has 0 fully saturated rings. The molecule has 2 heterocycles. The Bertz CT molecular complexity index is 1020. The number of fused-ring (bicyclic) bond motifs is 1. The standard InChI is InChI=1S/C21H16F3NO2/c1-12-5-7-18-16(9-12)17(20(26)25-18)11-15-6-8-19(27-15)13-3-2-4-14(10-13)21(22,23)24/h2-10,17H,11H2,1H3,(H,25,26). The van der Waals surface area contributed by atoms with Crippen molar-refractivity contribution < 1.29 is 22.4 Å². The largest absolute Gasteiger partial charge is 0.461 e. The number of aryl methyl sites for hydroxylation is 1. The molecular weight excluding hydrogens is 355 g/mol. The van der Waals surface area contributed by atoms with E-state index >= 15 is 0 Å². The molecule has 1 aromatic heterocycles. The fourth-order valence-corrected chi connectivity index (χ4v) is 3.34. The Kier molecular flexibility index (Phi) is 4.06. The van der Waals surface area contributed by atoms with Crippen LogP contribution in [0.5, 0.6) is 0 Å². The van der Waals surface area contributed by atoms with E-state index in [2.05, 4.69) is 5.32 Å². The van der Waals surface area contributed by atoms with Crippen molar-refractivity contribution >= 4 is 11.6 Å². The molecule has 1 aliphatic heterocycles. The quantitative estimate of drug-likeness (QED) is 0.656. The Morgan fingerprint density at radius 3 is 2.67 bits per heavy atom. The molecule has 3 nitrogen and oxygen atoms in total. The number of nitrogens with one attached hydrogen (secondary N) is 1. The molecule has 2 aromatic carbocycles. The van der Waals surface area contributed by atoms with Gasteiger partial charge in [-0.15, -0.1) is 0 Å². The van der Waals surface area contributed by atoms with Gasteiger partial charge < -0.3 is 9.73 Å². The number of carbonyl (C=O) groups excluding carboxylic acids is 1. The highest BCUT2D eigenvalue weighted by Crippen LogP contribution is 2.37. The van der Waals surface area contributed by atoms with Crippen LogP contribution in [0.25, 0.3) is 11.3 Å². The smallest absolute Gasteiger partial charge is 0.416 e. The Balaban J connectivity index is 1.60. The normalized spacial score (nSPS) is 16.3. The zero-order valence-corrected chi connectivity index (χ0v) is 14.4. The van der Waals surface area contributed by atoms with Crippen molar-refractivity contribution in [2.24, 2.45) is 0 Å². The van der Waals surface area contributed by atoms with Crippen LogP contribution in [-0.4, -0.2) is 5.91 Å². The first-order valence-electron chi connectivity index (χ1n) is 8.49. The summed E-state index contributed by atoms with van der Waals surface area (Å²) in [7, 11) is 0. The molecule has 1 N–H and O–H groups in total. The number of alkyl halides is 3. The summed E-state index contributed by atoms with van der Waals surface area (Å²) < 4.78 is 44.4. The lowest BCUT2D eigenvalue weighted by Gasteiger charge is -2.08. The van der Waals surface area contributed by atoms with Gasteiger partial charge in [-0.25, -0.2) is 0 Å². The second-order valence-electron chi connectivity index (χ2n) is 6.68. The minimum atomic E-state index is -4.41. The monoisotopic (exact) mass is 371 g/mol. The van der Waals surface area contributed by atoms with Crippen LogP contribution >= 0.6 is 0 Å². The predicted octanol–water partition coefficient (Wildman–Crippen LogP) is 5.55. The van der Waals surface area contributed by atoms with Gasteiger partial charge in [-0.3, -0.25) is 4.79 Å². The molecule has 4 rings (SSSR count). The maximum atomic E-state index is 12.9. The first-order chi connectivity index (χ1) is 12.8. The third-order valence-corrected chi connectivity index (χ3v) is 4.70. The predicted molar refractivity (Wildman–Crippen MR) is 95.4 cm³/mol. The molecular formula is C21H16F3NO2. The highest BCUT2D eigenvalue weighted by molar-refractivity contribution is 6.03. The number of anilines is 1. The van der Waals surface area contributed by atoms with Gasteiger partial charge in [0.2, 0.25) is 5.91 Å². The average molecular weight is 371 g/mol. The van der Waals surface area contributed by atoms with Crippen LogP contribution in [0.3, 0.4) is 0 Å². The summed E-state index contributed by atoms with van der Waals surface area (Å²) in [6.07, 6.45) is -4.06. The summed E-state index contributed by atoms with van der Waals surface area (Å²) in [5, 5.41) is 2.85. The lowest BCUT2D eigenvalue weighted by atomic mass is 9.95. The van der Waals surface area contributed by atoms with E-state index < -0.39 is 11.7 Å². The van der Waals surface area contributed by atoms with E-state index in [-0.39, 0.29) is 11.8 Å². The second kappa shape index (κ2) is 6.30. The summed E-state index contributed by atoms with van der Waals surface area (Å²) >= 11 is 0. The summed E-state index contributed by atoms with van der Waals surface area (Å²) in [5.74, 6) is 0.420. The highest BCUT2D eigenvalue weighted by atomic mass is 19.4. The first kappa shape index (κ1) is 17.4. The van der Waals surface area contributed by atoms with E-state index in [0.717, 1.165) is 28.9 Å². The van der Waals surface area contributed by atoms with Gasteiger partial charge in [-0.2, -0.15) is 13.2 Å². The highest BCUT2D eigenvalue weighted by Gasteiger charge is 2.32. The van der Waals surface area contributed by atoms with Gasteiger partial charge in [0.05, 0.1) is 11.5 Å². The third-order valence-electron chi connectivity index (χ3n) is 4.70. The van der Waals surface area contributed by atoms with Crippen molar-refractivity contribution in [1.82, 2.24) is 0 Å². The van der Waals surface area contributed by atoms with E-state index in [9.17, 15) is 18.0 Å². The Morgan fingerprint density at radius 2 is 1.89 bits per heavy atom. The molecule has 0 saturated carbocycles. The minimum Gasteiger partial charge on any atom is -0.461 e. The van der Waals surface area contributed by atoms with Crippen molar-refractivity contribution in [2.45, 2.75) is 25.4 Å². The molecule has 0 saturated heterocycles. The summed E-state index contributed by atoms with van der Waals surface area (Å²) in [5.41, 5.74) is 2.39. The number of carbonyl (C=O) groups is 1. The summed E-state index contributed by atoms with van der Waals surface area (Å²) in [6, 6.07) is 14.1. The van der Waals surface area contributed by atoms with Crippen molar-refractivity contribution in [2.75, 3.05) is 5.32 Å². The van der Waals surface area contributed by atoms with Gasteiger partial charge in [0.25, 0.3) is 0 Å². The van der Waals surface area contributed by atoms with E-state index in [1.807, 2.05) is 25.1 Å². The van der Waals surface area contributed by atoms with E-state index in [4.69, 9.17) is 4.42 Å². The summed E-state index contributed by atoms with van der Waals surface area (Å²) in [4.78, 5) is 12.3. The van der Waals surface area contributed by atoms with Crippen molar-refractivity contribution in [1.29, 1.82) is 0 Å². The molecule has 0 bridgehead atoms. The Morgan fingerprint density at radius 1 is 1.07 bits per heavy atom. The van der Waals surface area contributed by atoms with E-state index in [0.29, 0.717) is 23.5 Å². The van der Waals surface area contributed by atoms with Crippen LogP contribution in [0.2, 0.25) is 0 Å². The van der Waals surface area contributed by atoms with E-state index in [1.54, 1.807) is 18.2 Å². The lowest BCUT2D eigenvalue weighted by molar-refractivity contribution is -0.137. The molecule has 138 valence electrons. The fraction of sp³-hybridized carbons (Fsp3) is 0.190. The van der Waals surface area contributed by atoms with Crippen LogP contribution in [0.15, 0.2) is 59.0 Å². The third kappa shape index (κ3) is 3.35. The number of hydrogen-bond donors (Lipinski definition) is 1. The summed E-state index contributed by atoms with van der Waals surface area (Å²) in [6.45, 7) is 1.96. The van der Waals surface area contributed by atoms with Crippen LogP contribution in [0.1, 0.15) is 28.4 Å². The molecule has 3 aromatic rings. The van der Waals surface area contributed by atoms with Crippen molar-refractivity contribution in [3.05, 3.63) is 77.0 Å². The topological polar surface area (TPSA) is 42.2 Å². The molecule has 1 atom stereocenters. The molecule has 0 spiro atoms. The number of rotatable bonds is 3. The van der Waals surface area contributed by atoms with Gasteiger partial charge in [0, 0.05) is 17.7 Å². The number of furan rings is 1. The van der Waals surface area contributed by atoms with Crippen LogP contribution < -0.4 is 5.32 Å². The number of benzene rings is 2. The van der Waals surface area contributed by atoms with Gasteiger partial charge in [0.15, 0.2) is 0 Å². The van der Waals surface area contributed by atoms with Crippen molar-refractivity contribution in [3.8, 4) is 11.3 Å². The second-order valence-corrected chi connectivity index (χ2v) is 6.68. The van der Waals surface area contributed by atoms with Crippen molar-refractivity contribution in [3.63, 3.8) is 0 Å².